The van der Waals surface area contributed by atoms with Gasteiger partial charge in [-0.05, 0) is 38.7 Å². The lowest BCUT2D eigenvalue weighted by molar-refractivity contribution is 0.0940. The van der Waals surface area contributed by atoms with E-state index in [4.69, 9.17) is 0 Å². The fourth-order valence-electron chi connectivity index (χ4n) is 1.99. The van der Waals surface area contributed by atoms with Gasteiger partial charge in [-0.15, -0.1) is 0 Å². The first-order chi connectivity index (χ1) is 9.56. The molecule has 0 aliphatic heterocycles. The summed E-state index contributed by atoms with van der Waals surface area (Å²) in [4.78, 5) is 14.2. The van der Waals surface area contributed by atoms with Gasteiger partial charge in [0.15, 0.2) is 0 Å². The average molecular weight is 272 g/mol. The number of aromatic amines is 1. The van der Waals surface area contributed by atoms with Crippen molar-refractivity contribution in [3.05, 3.63) is 53.3 Å². The third-order valence-electron chi connectivity index (χ3n) is 3.08. The van der Waals surface area contributed by atoms with Crippen LogP contribution in [0.2, 0.25) is 0 Å². The monoisotopic (exact) mass is 272 g/mol. The van der Waals surface area contributed by atoms with E-state index in [2.05, 4.69) is 20.4 Å². The minimum atomic E-state index is -0.0740. The van der Waals surface area contributed by atoms with Crippen molar-refractivity contribution in [3.63, 3.8) is 0 Å². The maximum Gasteiger partial charge on any atom is 0.251 e. The second-order valence-electron chi connectivity index (χ2n) is 5.16. The summed E-state index contributed by atoms with van der Waals surface area (Å²) in [5.41, 5.74) is 2.82. The molecule has 5 heteroatoms. The van der Waals surface area contributed by atoms with Crippen LogP contribution in [0, 0.1) is 0 Å². The molecule has 2 rings (SSSR count). The molecule has 0 saturated carbocycles. The highest BCUT2D eigenvalue weighted by Gasteiger charge is 2.12. The molecule has 0 aliphatic carbocycles. The Morgan fingerprint density at radius 1 is 1.35 bits per heavy atom. The summed E-state index contributed by atoms with van der Waals surface area (Å²) >= 11 is 0. The number of rotatable bonds is 5. The number of H-pyrrole nitrogens is 1. The molecule has 1 amide bonds. The van der Waals surface area contributed by atoms with Crippen molar-refractivity contribution in [1.29, 1.82) is 0 Å². The SMILES string of the molecule is CC(NC(=O)c1ccc(CN(C)C)cc1)c1cn[nH]c1. The van der Waals surface area contributed by atoms with Crippen LogP contribution in [0.15, 0.2) is 36.7 Å². The highest BCUT2D eigenvalue weighted by molar-refractivity contribution is 5.94. The molecule has 0 fully saturated rings. The zero-order chi connectivity index (χ0) is 14.5. The molecular formula is C15H20N4O. The first kappa shape index (κ1) is 14.3. The Kier molecular flexibility index (Phi) is 4.53. The molecule has 0 saturated heterocycles. The van der Waals surface area contributed by atoms with Crippen LogP contribution in [0.25, 0.3) is 0 Å². The molecule has 1 aromatic heterocycles. The normalized spacial score (nSPS) is 12.4. The Hall–Kier alpha value is -2.14. The first-order valence-electron chi connectivity index (χ1n) is 6.59. The Balaban J connectivity index is 1.99. The van der Waals surface area contributed by atoms with Gasteiger partial charge in [-0.2, -0.15) is 5.10 Å². The van der Waals surface area contributed by atoms with Gasteiger partial charge in [0.1, 0.15) is 0 Å². The van der Waals surface area contributed by atoms with Crippen molar-refractivity contribution >= 4 is 5.91 Å². The highest BCUT2D eigenvalue weighted by atomic mass is 16.1. The number of aromatic nitrogens is 2. The van der Waals surface area contributed by atoms with Crippen molar-refractivity contribution in [2.45, 2.75) is 19.5 Å². The lowest BCUT2D eigenvalue weighted by Gasteiger charge is -2.13. The van der Waals surface area contributed by atoms with Gasteiger partial charge < -0.3 is 10.2 Å². The summed E-state index contributed by atoms with van der Waals surface area (Å²) in [5.74, 6) is -0.0740. The minimum absolute atomic E-state index is 0.0669. The zero-order valence-corrected chi connectivity index (χ0v) is 12.1. The molecule has 106 valence electrons. The van der Waals surface area contributed by atoms with Crippen LogP contribution in [0.5, 0.6) is 0 Å². The molecule has 1 aromatic carbocycles. The molecule has 1 heterocycles. The molecule has 1 atom stereocenters. The first-order valence-corrected chi connectivity index (χ1v) is 6.59. The number of nitrogens with zero attached hydrogens (tertiary/aromatic N) is 2. The van der Waals surface area contributed by atoms with Crippen LogP contribution in [0.3, 0.4) is 0 Å². The Morgan fingerprint density at radius 2 is 2.05 bits per heavy atom. The molecule has 1 unspecified atom stereocenters. The number of benzene rings is 1. The third kappa shape index (κ3) is 3.68. The highest BCUT2D eigenvalue weighted by Crippen LogP contribution is 2.11. The molecule has 2 aromatic rings. The average Bonchev–Trinajstić information content (AvgIpc) is 2.92. The summed E-state index contributed by atoms with van der Waals surface area (Å²) in [5, 5.41) is 9.57. The number of hydrogen-bond acceptors (Lipinski definition) is 3. The van der Waals surface area contributed by atoms with Gasteiger partial charge in [0.25, 0.3) is 5.91 Å². The van der Waals surface area contributed by atoms with Gasteiger partial charge in [-0.25, -0.2) is 0 Å². The Bertz CT molecular complexity index is 546. The van der Waals surface area contributed by atoms with Crippen LogP contribution >= 0.6 is 0 Å². The molecule has 0 bridgehead atoms. The van der Waals surface area contributed by atoms with Crippen molar-refractivity contribution in [1.82, 2.24) is 20.4 Å². The van der Waals surface area contributed by atoms with Crippen LogP contribution in [0.1, 0.15) is 34.5 Å². The molecule has 0 radical (unpaired) electrons. The Morgan fingerprint density at radius 3 is 2.60 bits per heavy atom. The largest absolute Gasteiger partial charge is 0.345 e. The third-order valence-corrected chi connectivity index (χ3v) is 3.08. The van der Waals surface area contributed by atoms with E-state index in [1.807, 2.05) is 45.3 Å². The Labute approximate surface area is 119 Å². The number of nitrogens with one attached hydrogen (secondary N) is 2. The van der Waals surface area contributed by atoms with E-state index in [0.717, 1.165) is 12.1 Å². The van der Waals surface area contributed by atoms with Crippen molar-refractivity contribution in [2.24, 2.45) is 0 Å². The summed E-state index contributed by atoms with van der Waals surface area (Å²) in [6.07, 6.45) is 3.50. The van der Waals surface area contributed by atoms with Crippen LogP contribution < -0.4 is 5.32 Å². The molecule has 0 spiro atoms. The fraction of sp³-hybridized carbons (Fsp3) is 0.333. The molecule has 2 N–H and O–H groups in total. The van der Waals surface area contributed by atoms with Crippen LogP contribution in [0.4, 0.5) is 0 Å². The van der Waals surface area contributed by atoms with Crippen LogP contribution in [-0.2, 0) is 6.54 Å². The second kappa shape index (κ2) is 6.34. The lowest BCUT2D eigenvalue weighted by Crippen LogP contribution is -2.26. The summed E-state index contributed by atoms with van der Waals surface area (Å²) in [6.45, 7) is 2.80. The standard InChI is InChI=1S/C15H20N4O/c1-11(14-8-16-17-9-14)18-15(20)13-6-4-12(5-7-13)10-19(2)3/h4-9,11H,10H2,1-3H3,(H,16,17)(H,18,20). The van der Waals surface area contributed by atoms with Gasteiger partial charge in [0.05, 0.1) is 12.2 Å². The van der Waals surface area contributed by atoms with Gasteiger partial charge >= 0.3 is 0 Å². The van der Waals surface area contributed by atoms with Crippen molar-refractivity contribution in [2.75, 3.05) is 14.1 Å². The van der Waals surface area contributed by atoms with Gasteiger partial charge in [0, 0.05) is 23.9 Å². The van der Waals surface area contributed by atoms with E-state index in [0.29, 0.717) is 5.56 Å². The maximum absolute atomic E-state index is 12.1. The molecular weight excluding hydrogens is 252 g/mol. The fourth-order valence-corrected chi connectivity index (χ4v) is 1.99. The van der Waals surface area contributed by atoms with Crippen LogP contribution in [-0.4, -0.2) is 35.1 Å². The smallest absolute Gasteiger partial charge is 0.251 e. The summed E-state index contributed by atoms with van der Waals surface area (Å²) < 4.78 is 0. The topological polar surface area (TPSA) is 61.0 Å². The van der Waals surface area contributed by atoms with Gasteiger partial charge in [-0.3, -0.25) is 9.89 Å². The van der Waals surface area contributed by atoms with Crippen molar-refractivity contribution in [3.8, 4) is 0 Å². The molecule has 0 aliphatic rings. The van der Waals surface area contributed by atoms with E-state index in [9.17, 15) is 4.79 Å². The van der Waals surface area contributed by atoms with E-state index < -0.39 is 0 Å². The zero-order valence-electron chi connectivity index (χ0n) is 12.1. The summed E-state index contributed by atoms with van der Waals surface area (Å²) in [6, 6.07) is 7.61. The van der Waals surface area contributed by atoms with Gasteiger partial charge in [-0.1, -0.05) is 12.1 Å². The van der Waals surface area contributed by atoms with E-state index in [1.165, 1.54) is 5.56 Å². The molecule has 5 nitrogen and oxygen atoms in total. The number of carbonyl (C=O) groups excluding carboxylic acids is 1. The van der Waals surface area contributed by atoms with E-state index >= 15 is 0 Å². The predicted molar refractivity (Wildman–Crippen MR) is 78.3 cm³/mol. The minimum Gasteiger partial charge on any atom is -0.345 e. The summed E-state index contributed by atoms with van der Waals surface area (Å²) in [7, 11) is 4.04. The van der Waals surface area contributed by atoms with Crippen molar-refractivity contribution < 1.29 is 4.79 Å². The molecule has 20 heavy (non-hydrogen) atoms. The number of amides is 1. The van der Waals surface area contributed by atoms with E-state index in [1.54, 1.807) is 12.4 Å². The number of hydrogen-bond donors (Lipinski definition) is 2. The quantitative estimate of drug-likeness (QED) is 0.874. The maximum atomic E-state index is 12.1. The number of carbonyl (C=O) groups is 1. The van der Waals surface area contributed by atoms with E-state index in [-0.39, 0.29) is 11.9 Å². The second-order valence-corrected chi connectivity index (χ2v) is 5.16. The predicted octanol–water partition coefficient (Wildman–Crippen LogP) is 1.96. The lowest BCUT2D eigenvalue weighted by atomic mass is 10.1. The van der Waals surface area contributed by atoms with Gasteiger partial charge in [0.2, 0.25) is 0 Å².